The summed E-state index contributed by atoms with van der Waals surface area (Å²) >= 11 is 1.18. The molecule has 0 saturated heterocycles. The number of thiophene rings is 1. The highest BCUT2D eigenvalue weighted by molar-refractivity contribution is 7.12. The summed E-state index contributed by atoms with van der Waals surface area (Å²) in [5.41, 5.74) is 0.0177. The van der Waals surface area contributed by atoms with E-state index in [1.165, 1.54) is 36.6 Å². The Hall–Kier alpha value is -2.54. The normalized spacial score (nSPS) is 10.1. The fourth-order valence-corrected chi connectivity index (χ4v) is 2.25. The van der Waals surface area contributed by atoms with Crippen LogP contribution in [0.15, 0.2) is 29.6 Å². The van der Waals surface area contributed by atoms with Gasteiger partial charge in [-0.2, -0.15) is 0 Å². The molecule has 0 fully saturated rings. The Balaban J connectivity index is 2.22. The summed E-state index contributed by atoms with van der Waals surface area (Å²) < 4.78 is 4.97. The molecule has 0 saturated carbocycles. The second-order valence-corrected chi connectivity index (χ2v) is 4.75. The maximum atomic E-state index is 12.0. The third-order valence-corrected chi connectivity index (χ3v) is 3.43. The number of carbonyl (C=O) groups is 2. The predicted octanol–water partition coefficient (Wildman–Crippen LogP) is 2.41. The lowest BCUT2D eigenvalue weighted by molar-refractivity contribution is 0.0696. The molecule has 104 valence electrons. The molecule has 0 atom stereocenters. The fourth-order valence-electron chi connectivity index (χ4n) is 1.50. The van der Waals surface area contributed by atoms with Gasteiger partial charge in [-0.3, -0.25) is 4.79 Å². The van der Waals surface area contributed by atoms with Crippen LogP contribution in [0, 0.1) is 0 Å². The molecule has 1 aromatic heterocycles. The van der Waals surface area contributed by atoms with Gasteiger partial charge in [-0.15, -0.1) is 11.3 Å². The Bertz CT molecular complexity index is 665. The van der Waals surface area contributed by atoms with Gasteiger partial charge in [0.05, 0.1) is 23.2 Å². The van der Waals surface area contributed by atoms with E-state index in [0.29, 0.717) is 10.6 Å². The summed E-state index contributed by atoms with van der Waals surface area (Å²) in [7, 11) is 1.49. The summed E-state index contributed by atoms with van der Waals surface area (Å²) in [5, 5.41) is 22.6. The predicted molar refractivity (Wildman–Crippen MR) is 73.9 cm³/mol. The van der Waals surface area contributed by atoms with Crippen LogP contribution in [-0.2, 0) is 0 Å². The first-order chi connectivity index (χ1) is 9.51. The molecule has 0 unspecified atom stereocenters. The number of ether oxygens (including phenoxy) is 1. The van der Waals surface area contributed by atoms with Crippen LogP contribution in [0.5, 0.6) is 11.5 Å². The number of phenols is 1. The number of carbonyl (C=O) groups excluding carboxylic acids is 1. The van der Waals surface area contributed by atoms with Gasteiger partial charge in [0, 0.05) is 11.4 Å². The molecule has 0 spiro atoms. The van der Waals surface area contributed by atoms with Crippen molar-refractivity contribution in [2.75, 3.05) is 12.4 Å². The monoisotopic (exact) mass is 293 g/mol. The van der Waals surface area contributed by atoms with Crippen LogP contribution >= 0.6 is 11.3 Å². The molecule has 2 aromatic rings. The quantitative estimate of drug-likeness (QED) is 0.752. The zero-order valence-electron chi connectivity index (χ0n) is 10.4. The molecule has 0 bridgehead atoms. The number of aromatic carboxylic acids is 1. The van der Waals surface area contributed by atoms with Crippen molar-refractivity contribution in [1.29, 1.82) is 0 Å². The standard InChI is InChI=1S/C13H11NO5S/c1-19-8-5-11(20-6-8)12(16)14-9-4-7(13(17)18)2-3-10(9)15/h2-6,15H,1H3,(H,14,16)(H,17,18). The van der Waals surface area contributed by atoms with E-state index in [1.807, 2.05) is 0 Å². The molecular formula is C13H11NO5S. The minimum Gasteiger partial charge on any atom is -0.506 e. The lowest BCUT2D eigenvalue weighted by Crippen LogP contribution is -2.11. The Labute approximate surface area is 118 Å². The van der Waals surface area contributed by atoms with Gasteiger partial charge >= 0.3 is 5.97 Å². The fraction of sp³-hybridized carbons (Fsp3) is 0.0769. The highest BCUT2D eigenvalue weighted by atomic mass is 32.1. The van der Waals surface area contributed by atoms with Gasteiger partial charge < -0.3 is 20.3 Å². The number of amides is 1. The molecule has 3 N–H and O–H groups in total. The summed E-state index contributed by atoms with van der Waals surface area (Å²) in [6, 6.07) is 5.22. The summed E-state index contributed by atoms with van der Waals surface area (Å²) in [6.45, 7) is 0. The molecule has 0 aliphatic carbocycles. The molecule has 1 amide bonds. The van der Waals surface area contributed by atoms with Crippen molar-refractivity contribution in [1.82, 2.24) is 0 Å². The van der Waals surface area contributed by atoms with Gasteiger partial charge in [-0.05, 0) is 18.2 Å². The van der Waals surface area contributed by atoms with Crippen molar-refractivity contribution in [2.24, 2.45) is 0 Å². The number of methoxy groups -OCH3 is 1. The van der Waals surface area contributed by atoms with E-state index in [0.717, 1.165) is 0 Å². The van der Waals surface area contributed by atoms with Crippen molar-refractivity contribution >= 4 is 28.9 Å². The Morgan fingerprint density at radius 1 is 1.30 bits per heavy atom. The van der Waals surface area contributed by atoms with Crippen LogP contribution in [-0.4, -0.2) is 29.2 Å². The van der Waals surface area contributed by atoms with E-state index < -0.39 is 11.9 Å². The van der Waals surface area contributed by atoms with Crippen LogP contribution in [0.4, 0.5) is 5.69 Å². The first-order valence-corrected chi connectivity index (χ1v) is 6.39. The zero-order valence-corrected chi connectivity index (χ0v) is 11.2. The summed E-state index contributed by atoms with van der Waals surface area (Å²) in [6.07, 6.45) is 0. The van der Waals surface area contributed by atoms with E-state index in [2.05, 4.69) is 5.32 Å². The number of phenolic OH excluding ortho intramolecular Hbond substituents is 1. The summed E-state index contributed by atoms with van der Waals surface area (Å²) in [5.74, 6) is -1.23. The first kappa shape index (κ1) is 13.9. The second-order valence-electron chi connectivity index (χ2n) is 3.84. The van der Waals surface area contributed by atoms with Crippen LogP contribution in [0.3, 0.4) is 0 Å². The maximum absolute atomic E-state index is 12.0. The van der Waals surface area contributed by atoms with Crippen molar-refractivity contribution in [3.63, 3.8) is 0 Å². The van der Waals surface area contributed by atoms with Gasteiger partial charge in [0.2, 0.25) is 0 Å². The number of rotatable bonds is 4. The van der Waals surface area contributed by atoms with Gasteiger partial charge in [0.15, 0.2) is 0 Å². The van der Waals surface area contributed by atoms with Crippen molar-refractivity contribution in [3.05, 3.63) is 40.1 Å². The average molecular weight is 293 g/mol. The van der Waals surface area contributed by atoms with E-state index in [1.54, 1.807) is 11.4 Å². The Morgan fingerprint density at radius 2 is 2.05 bits per heavy atom. The largest absolute Gasteiger partial charge is 0.506 e. The molecule has 1 aromatic carbocycles. The van der Waals surface area contributed by atoms with E-state index >= 15 is 0 Å². The highest BCUT2D eigenvalue weighted by Crippen LogP contribution is 2.27. The van der Waals surface area contributed by atoms with Crippen LogP contribution in [0.1, 0.15) is 20.0 Å². The Kier molecular flexibility index (Phi) is 3.90. The molecule has 2 rings (SSSR count). The number of hydrogen-bond donors (Lipinski definition) is 3. The van der Waals surface area contributed by atoms with Crippen LogP contribution < -0.4 is 10.1 Å². The number of hydrogen-bond acceptors (Lipinski definition) is 5. The van der Waals surface area contributed by atoms with Crippen molar-refractivity contribution in [3.8, 4) is 11.5 Å². The van der Waals surface area contributed by atoms with Crippen molar-refractivity contribution in [2.45, 2.75) is 0 Å². The molecule has 0 radical (unpaired) electrons. The number of carboxylic acid groups (broad SMARTS) is 1. The number of anilines is 1. The molecule has 0 aliphatic heterocycles. The average Bonchev–Trinajstić information content (AvgIpc) is 2.89. The van der Waals surface area contributed by atoms with E-state index in [-0.39, 0.29) is 17.0 Å². The van der Waals surface area contributed by atoms with Gasteiger partial charge in [-0.1, -0.05) is 0 Å². The van der Waals surface area contributed by atoms with Gasteiger partial charge in [0.1, 0.15) is 11.5 Å². The topological polar surface area (TPSA) is 95.9 Å². The first-order valence-electron chi connectivity index (χ1n) is 5.51. The molecule has 7 heteroatoms. The van der Waals surface area contributed by atoms with E-state index in [9.17, 15) is 14.7 Å². The Morgan fingerprint density at radius 3 is 2.65 bits per heavy atom. The smallest absolute Gasteiger partial charge is 0.335 e. The molecule has 20 heavy (non-hydrogen) atoms. The van der Waals surface area contributed by atoms with Crippen molar-refractivity contribution < 1.29 is 24.5 Å². The zero-order chi connectivity index (χ0) is 14.7. The second kappa shape index (κ2) is 5.62. The summed E-state index contributed by atoms with van der Waals surface area (Å²) in [4.78, 5) is 23.2. The lowest BCUT2D eigenvalue weighted by Gasteiger charge is -2.07. The molecule has 6 nitrogen and oxygen atoms in total. The lowest BCUT2D eigenvalue weighted by atomic mass is 10.2. The molecule has 1 heterocycles. The number of benzene rings is 1. The number of nitrogens with one attached hydrogen (secondary N) is 1. The van der Waals surface area contributed by atoms with Gasteiger partial charge in [-0.25, -0.2) is 4.79 Å². The third-order valence-electron chi connectivity index (χ3n) is 2.53. The third kappa shape index (κ3) is 2.89. The molecule has 0 aliphatic rings. The molecular weight excluding hydrogens is 282 g/mol. The van der Waals surface area contributed by atoms with Gasteiger partial charge in [0.25, 0.3) is 5.91 Å². The minimum atomic E-state index is -1.14. The number of carboxylic acids is 1. The van der Waals surface area contributed by atoms with Crippen LogP contribution in [0.25, 0.3) is 0 Å². The SMILES string of the molecule is COc1csc(C(=O)Nc2cc(C(=O)O)ccc2O)c1. The number of aromatic hydroxyl groups is 1. The van der Waals surface area contributed by atoms with Crippen LogP contribution in [0.2, 0.25) is 0 Å². The maximum Gasteiger partial charge on any atom is 0.335 e. The van der Waals surface area contributed by atoms with E-state index in [4.69, 9.17) is 9.84 Å². The minimum absolute atomic E-state index is 0.0261. The highest BCUT2D eigenvalue weighted by Gasteiger charge is 2.14.